The van der Waals surface area contributed by atoms with Crippen molar-refractivity contribution in [2.24, 2.45) is 17.6 Å². The zero-order valence-corrected chi connectivity index (χ0v) is 23.1. The fourth-order valence-corrected chi connectivity index (χ4v) is 6.86. The number of hydrogen-bond donors (Lipinski definition) is 4. The molecule has 0 unspecified atom stereocenters. The Kier molecular flexibility index (Phi) is 8.51. The van der Waals surface area contributed by atoms with E-state index in [1.165, 1.54) is 11.1 Å². The molecule has 2 heterocycles. The molecule has 2 bridgehead atoms. The zero-order chi connectivity index (χ0) is 28.5. The Balaban J connectivity index is 0.000000190. The minimum Gasteiger partial charge on any atom is -0.493 e. The number of carbonyl (C=O) groups is 4. The van der Waals surface area contributed by atoms with E-state index in [1.54, 1.807) is 7.11 Å². The van der Waals surface area contributed by atoms with Gasteiger partial charge < -0.3 is 35.8 Å². The van der Waals surface area contributed by atoms with E-state index >= 15 is 0 Å². The van der Waals surface area contributed by atoms with Gasteiger partial charge >= 0.3 is 5.97 Å². The van der Waals surface area contributed by atoms with Crippen molar-refractivity contribution in [1.82, 2.24) is 15.5 Å². The molecule has 4 aliphatic rings. The number of amides is 2. The summed E-state index contributed by atoms with van der Waals surface area (Å²) in [4.78, 5) is 48.1. The standard InChI is InChI=1S/C18H21NO3.C10H19N3O4/c1-19-8-7-18-11-4-5-13(20)17(18)22-16-14(21-2)6-3-10(15(16)18)9-12(11)19;1-6(2)3-7(10(16)17)13-9(15)5-12-8(14)4-11/h3,6,11-12,17H,4-5,7-9H2,1-2H3;6-7H,3-5,11H2,1-2H3,(H,12,14)(H,13,15)(H,16,17)/t11-,12+,17-,18-;7-/m00/s1. The highest BCUT2D eigenvalue weighted by molar-refractivity contribution is 5.89. The number of rotatable bonds is 8. The number of hydrogen-bond acceptors (Lipinski definition) is 8. The van der Waals surface area contributed by atoms with Gasteiger partial charge in [-0.3, -0.25) is 14.4 Å². The monoisotopic (exact) mass is 544 g/mol. The van der Waals surface area contributed by atoms with E-state index in [1.807, 2.05) is 19.9 Å². The Morgan fingerprint density at radius 1 is 1.28 bits per heavy atom. The van der Waals surface area contributed by atoms with Crippen LogP contribution in [0, 0.1) is 11.8 Å². The Labute approximate surface area is 228 Å². The third-order valence-corrected chi connectivity index (χ3v) is 8.56. The molecule has 2 aliphatic heterocycles. The highest BCUT2D eigenvalue weighted by Gasteiger charge is 2.65. The van der Waals surface area contributed by atoms with Gasteiger partial charge in [0, 0.05) is 23.4 Å². The predicted molar refractivity (Wildman–Crippen MR) is 143 cm³/mol. The van der Waals surface area contributed by atoms with Crippen LogP contribution >= 0.6 is 0 Å². The first-order valence-corrected chi connectivity index (χ1v) is 13.6. The van der Waals surface area contributed by atoms with Crippen LogP contribution in [0.2, 0.25) is 0 Å². The summed E-state index contributed by atoms with van der Waals surface area (Å²) in [6.07, 6.45) is 3.81. The topological polar surface area (TPSA) is 160 Å². The summed E-state index contributed by atoms with van der Waals surface area (Å²) in [6.45, 7) is 4.29. The molecule has 1 saturated heterocycles. The first kappa shape index (κ1) is 28.8. The lowest BCUT2D eigenvalue weighted by atomic mass is 9.52. The lowest BCUT2D eigenvalue weighted by molar-refractivity contribution is -0.142. The molecule has 2 amide bonds. The highest BCUT2D eigenvalue weighted by atomic mass is 16.5. The van der Waals surface area contributed by atoms with Crippen LogP contribution in [0.4, 0.5) is 0 Å². The first-order valence-electron chi connectivity index (χ1n) is 13.6. The molecule has 2 aliphatic carbocycles. The molecule has 5 rings (SSSR count). The summed E-state index contributed by atoms with van der Waals surface area (Å²) in [5, 5.41) is 13.5. The van der Waals surface area contributed by atoms with Crippen molar-refractivity contribution in [3.05, 3.63) is 23.3 Å². The summed E-state index contributed by atoms with van der Waals surface area (Å²) in [5.41, 5.74) is 7.61. The maximum absolute atomic E-state index is 12.6. The Morgan fingerprint density at radius 2 is 2.03 bits per heavy atom. The van der Waals surface area contributed by atoms with Crippen LogP contribution in [-0.2, 0) is 31.0 Å². The second-order valence-corrected chi connectivity index (χ2v) is 11.4. The number of carboxylic acid groups (broad SMARTS) is 1. The van der Waals surface area contributed by atoms with Gasteiger partial charge in [0.05, 0.1) is 20.2 Å². The minimum absolute atomic E-state index is 0.0933. The van der Waals surface area contributed by atoms with Crippen molar-refractivity contribution in [1.29, 1.82) is 0 Å². The molecule has 39 heavy (non-hydrogen) atoms. The lowest BCUT2D eigenvalue weighted by Crippen LogP contribution is -2.65. The molecule has 0 aromatic heterocycles. The predicted octanol–water partition coefficient (Wildman–Crippen LogP) is 0.610. The summed E-state index contributed by atoms with van der Waals surface area (Å²) in [7, 11) is 3.91. The number of piperidine rings is 1. The van der Waals surface area contributed by atoms with Gasteiger partial charge in [-0.15, -0.1) is 0 Å². The second kappa shape index (κ2) is 11.5. The lowest BCUT2D eigenvalue weighted by Gasteiger charge is -2.57. The zero-order valence-electron chi connectivity index (χ0n) is 23.1. The van der Waals surface area contributed by atoms with Crippen LogP contribution in [-0.4, -0.2) is 85.6 Å². The molecule has 1 saturated carbocycles. The van der Waals surface area contributed by atoms with E-state index in [0.29, 0.717) is 24.8 Å². The molecule has 11 heteroatoms. The first-order chi connectivity index (χ1) is 18.5. The van der Waals surface area contributed by atoms with Crippen molar-refractivity contribution < 1.29 is 33.8 Å². The normalized spacial score (nSPS) is 26.9. The number of ketones is 1. The average Bonchev–Trinajstić information content (AvgIpc) is 3.26. The number of nitrogens with one attached hydrogen (secondary N) is 2. The molecule has 11 nitrogen and oxygen atoms in total. The van der Waals surface area contributed by atoms with Crippen molar-refractivity contribution >= 4 is 23.6 Å². The molecule has 1 aromatic carbocycles. The van der Waals surface area contributed by atoms with E-state index in [0.717, 1.165) is 37.3 Å². The smallest absolute Gasteiger partial charge is 0.326 e. The van der Waals surface area contributed by atoms with E-state index in [4.69, 9.17) is 20.3 Å². The van der Waals surface area contributed by atoms with E-state index in [2.05, 4.69) is 28.6 Å². The summed E-state index contributed by atoms with van der Waals surface area (Å²) >= 11 is 0. The van der Waals surface area contributed by atoms with Gasteiger partial charge in [0.15, 0.2) is 23.4 Å². The number of carbonyl (C=O) groups excluding carboxylic acids is 3. The van der Waals surface area contributed by atoms with Crippen LogP contribution in [0.1, 0.15) is 50.7 Å². The summed E-state index contributed by atoms with van der Waals surface area (Å²) < 4.78 is 11.8. The van der Waals surface area contributed by atoms with Crippen molar-refractivity contribution in [2.45, 2.75) is 69.6 Å². The van der Waals surface area contributed by atoms with E-state index in [9.17, 15) is 19.2 Å². The van der Waals surface area contributed by atoms with Gasteiger partial charge in [-0.1, -0.05) is 19.9 Å². The maximum atomic E-state index is 12.6. The summed E-state index contributed by atoms with van der Waals surface area (Å²) in [6, 6.07) is 3.80. The van der Waals surface area contributed by atoms with Gasteiger partial charge in [-0.25, -0.2) is 4.79 Å². The molecule has 0 radical (unpaired) electrons. The number of ether oxygens (including phenoxy) is 2. The molecule has 1 aromatic rings. The molecular formula is C28H40N4O7. The highest BCUT2D eigenvalue weighted by Crippen LogP contribution is 2.63. The van der Waals surface area contributed by atoms with Crippen molar-refractivity contribution in [3.8, 4) is 11.5 Å². The van der Waals surface area contributed by atoms with Gasteiger partial charge in [0.25, 0.3) is 0 Å². The SMILES string of the molecule is CC(C)C[C@H](NC(=O)CNC(=O)CN)C(=O)O.COc1ccc2c3c1O[C@H]1C(=O)CC[C@H]4[C@@H](C2)N(C)CC[C@]314. The van der Waals surface area contributed by atoms with Crippen LogP contribution < -0.4 is 25.8 Å². The number of nitrogens with zero attached hydrogens (tertiary/aromatic N) is 1. The number of nitrogens with two attached hydrogens (primary N) is 1. The number of carboxylic acids is 1. The van der Waals surface area contributed by atoms with E-state index < -0.39 is 23.8 Å². The molecule has 1 spiro atoms. The number of likely N-dealkylation sites (tertiary alicyclic amines) is 1. The maximum Gasteiger partial charge on any atom is 0.326 e. The molecular weight excluding hydrogens is 504 g/mol. The number of benzene rings is 1. The Hall–Kier alpha value is -3.18. The molecule has 5 atom stereocenters. The van der Waals surface area contributed by atoms with Crippen LogP contribution in [0.25, 0.3) is 0 Å². The third kappa shape index (κ3) is 5.34. The molecule has 214 valence electrons. The van der Waals surface area contributed by atoms with Crippen LogP contribution in [0.15, 0.2) is 12.1 Å². The second-order valence-electron chi connectivity index (χ2n) is 11.4. The average molecular weight is 545 g/mol. The van der Waals surface area contributed by atoms with Crippen LogP contribution in [0.3, 0.4) is 0 Å². The van der Waals surface area contributed by atoms with Gasteiger partial charge in [-0.05, 0) is 62.7 Å². The van der Waals surface area contributed by atoms with Crippen molar-refractivity contribution in [2.75, 3.05) is 33.8 Å². The summed E-state index contributed by atoms with van der Waals surface area (Å²) in [5.74, 6) is 0.517. The van der Waals surface area contributed by atoms with Crippen molar-refractivity contribution in [3.63, 3.8) is 0 Å². The quantitative estimate of drug-likeness (QED) is 0.368. The van der Waals surface area contributed by atoms with Gasteiger partial charge in [0.2, 0.25) is 11.8 Å². The molecule has 5 N–H and O–H groups in total. The number of methoxy groups -OCH3 is 1. The Morgan fingerprint density at radius 3 is 2.67 bits per heavy atom. The number of likely N-dealkylation sites (N-methyl/N-ethyl adjacent to an activating group) is 1. The third-order valence-electron chi connectivity index (χ3n) is 8.56. The largest absolute Gasteiger partial charge is 0.493 e. The van der Waals surface area contributed by atoms with Crippen LogP contribution in [0.5, 0.6) is 11.5 Å². The minimum atomic E-state index is -1.09. The van der Waals surface area contributed by atoms with E-state index in [-0.39, 0.29) is 36.3 Å². The number of Topliss-reactive ketones (excluding diaryl/α,β-unsaturated/α-hetero) is 1. The fraction of sp³-hybridized carbons (Fsp3) is 0.643. The molecule has 2 fully saturated rings. The Bertz CT molecular complexity index is 1140. The van der Waals surface area contributed by atoms with Gasteiger partial charge in [0.1, 0.15) is 6.04 Å². The fourth-order valence-electron chi connectivity index (χ4n) is 6.86. The van der Waals surface area contributed by atoms with Gasteiger partial charge in [-0.2, -0.15) is 0 Å². The number of aliphatic carboxylic acids is 1.